The maximum atomic E-state index is 6.10. The fourth-order valence-electron chi connectivity index (χ4n) is 4.77. The van der Waals surface area contributed by atoms with E-state index in [1.165, 1.54) is 22.3 Å². The van der Waals surface area contributed by atoms with E-state index in [0.29, 0.717) is 11.8 Å². The Morgan fingerprint density at radius 2 is 0.912 bits per heavy atom. The van der Waals surface area contributed by atoms with Crippen LogP contribution in [0.4, 0.5) is 0 Å². The predicted octanol–water partition coefficient (Wildman–Crippen LogP) is 8.51. The van der Waals surface area contributed by atoms with Crippen LogP contribution in [0.3, 0.4) is 0 Å². The van der Waals surface area contributed by atoms with Gasteiger partial charge in [-0.1, -0.05) is 41.5 Å². The van der Waals surface area contributed by atoms with Crippen molar-refractivity contribution in [3.8, 4) is 22.9 Å². The standard InChI is InChI=1S/C30H32N2O2/c1-17-13-25-23(15-21(17)29(3,4)5)31-27(33-25)19-9-11-20(12-10-19)28-32-24-16-22(30(6,7)8)18(2)14-26(24)34-28/h9-16H,1-8H3. The molecule has 0 N–H and O–H groups in total. The van der Waals surface area contributed by atoms with Crippen molar-refractivity contribution in [2.24, 2.45) is 0 Å². The van der Waals surface area contributed by atoms with Crippen LogP contribution in [0.1, 0.15) is 63.8 Å². The van der Waals surface area contributed by atoms with Crippen LogP contribution in [0, 0.1) is 13.8 Å². The van der Waals surface area contributed by atoms with Gasteiger partial charge in [-0.3, -0.25) is 0 Å². The molecule has 0 radical (unpaired) electrons. The van der Waals surface area contributed by atoms with Crippen molar-refractivity contribution in [1.82, 2.24) is 9.97 Å². The maximum absolute atomic E-state index is 6.10. The van der Waals surface area contributed by atoms with Crippen LogP contribution in [0.5, 0.6) is 0 Å². The van der Waals surface area contributed by atoms with Crippen molar-refractivity contribution >= 4 is 22.2 Å². The smallest absolute Gasteiger partial charge is 0.227 e. The highest BCUT2D eigenvalue weighted by Gasteiger charge is 2.21. The average Bonchev–Trinajstić information content (AvgIpc) is 3.34. The molecule has 0 saturated heterocycles. The highest BCUT2D eigenvalue weighted by Crippen LogP contribution is 2.34. The summed E-state index contributed by atoms with van der Waals surface area (Å²) < 4.78 is 12.2. The first-order chi connectivity index (χ1) is 15.9. The van der Waals surface area contributed by atoms with Gasteiger partial charge in [-0.05, 0) is 95.5 Å². The lowest BCUT2D eigenvalue weighted by atomic mass is 9.84. The predicted molar refractivity (Wildman–Crippen MR) is 139 cm³/mol. The lowest BCUT2D eigenvalue weighted by Crippen LogP contribution is -2.12. The summed E-state index contributed by atoms with van der Waals surface area (Å²) >= 11 is 0. The minimum atomic E-state index is 0.0603. The Kier molecular flexibility index (Phi) is 4.98. The molecule has 0 bridgehead atoms. The third kappa shape index (κ3) is 3.91. The molecule has 4 nitrogen and oxygen atoms in total. The van der Waals surface area contributed by atoms with Crippen LogP contribution >= 0.6 is 0 Å². The van der Waals surface area contributed by atoms with E-state index >= 15 is 0 Å². The van der Waals surface area contributed by atoms with Crippen LogP contribution in [0.15, 0.2) is 57.4 Å². The molecule has 0 aliphatic heterocycles. The third-order valence-electron chi connectivity index (χ3n) is 6.46. The highest BCUT2D eigenvalue weighted by molar-refractivity contribution is 5.80. The van der Waals surface area contributed by atoms with Crippen LogP contribution in [0.25, 0.3) is 45.1 Å². The molecule has 0 amide bonds. The number of hydrogen-bond donors (Lipinski definition) is 0. The Morgan fingerprint density at radius 3 is 1.24 bits per heavy atom. The van der Waals surface area contributed by atoms with Gasteiger partial charge >= 0.3 is 0 Å². The van der Waals surface area contributed by atoms with E-state index in [1.54, 1.807) is 0 Å². The Labute approximate surface area is 201 Å². The third-order valence-corrected chi connectivity index (χ3v) is 6.46. The maximum Gasteiger partial charge on any atom is 0.227 e. The summed E-state index contributed by atoms with van der Waals surface area (Å²) in [6.45, 7) is 17.6. The van der Waals surface area contributed by atoms with Crippen LogP contribution < -0.4 is 0 Å². The topological polar surface area (TPSA) is 52.1 Å². The summed E-state index contributed by atoms with van der Waals surface area (Å²) in [4.78, 5) is 9.54. The van der Waals surface area contributed by atoms with E-state index in [9.17, 15) is 0 Å². The zero-order valence-corrected chi connectivity index (χ0v) is 21.3. The molecule has 0 saturated carbocycles. The lowest BCUT2D eigenvalue weighted by Gasteiger charge is -2.21. The molecular formula is C30H32N2O2. The average molecular weight is 453 g/mol. The number of oxazole rings is 2. The van der Waals surface area contributed by atoms with Gasteiger partial charge in [-0.25, -0.2) is 9.97 Å². The molecule has 2 heterocycles. The van der Waals surface area contributed by atoms with Crippen molar-refractivity contribution in [3.05, 3.63) is 70.8 Å². The normalized spacial score (nSPS) is 12.7. The number of fused-ring (bicyclic) bond motifs is 2. The monoisotopic (exact) mass is 452 g/mol. The quantitative estimate of drug-likeness (QED) is 0.269. The minimum Gasteiger partial charge on any atom is -0.436 e. The summed E-state index contributed by atoms with van der Waals surface area (Å²) in [5.74, 6) is 1.24. The second-order valence-electron chi connectivity index (χ2n) is 11.4. The lowest BCUT2D eigenvalue weighted by molar-refractivity contribution is 0.585. The first-order valence-corrected chi connectivity index (χ1v) is 11.8. The second-order valence-corrected chi connectivity index (χ2v) is 11.4. The van der Waals surface area contributed by atoms with E-state index in [-0.39, 0.29) is 10.8 Å². The van der Waals surface area contributed by atoms with Crippen molar-refractivity contribution < 1.29 is 8.83 Å². The molecule has 5 rings (SSSR count). The largest absolute Gasteiger partial charge is 0.436 e. The molecule has 5 aromatic rings. The summed E-state index contributed by atoms with van der Waals surface area (Å²) in [5, 5.41) is 0. The van der Waals surface area contributed by atoms with E-state index in [1.807, 2.05) is 24.3 Å². The zero-order valence-electron chi connectivity index (χ0n) is 21.3. The van der Waals surface area contributed by atoms with Gasteiger partial charge in [0, 0.05) is 11.1 Å². The van der Waals surface area contributed by atoms with Gasteiger partial charge in [-0.15, -0.1) is 0 Å². The number of aromatic nitrogens is 2. The Bertz CT molecular complexity index is 1400. The van der Waals surface area contributed by atoms with Crippen molar-refractivity contribution in [3.63, 3.8) is 0 Å². The molecule has 0 unspecified atom stereocenters. The van der Waals surface area contributed by atoms with Gasteiger partial charge in [0.05, 0.1) is 0 Å². The summed E-state index contributed by atoms with van der Waals surface area (Å²) in [6, 6.07) is 16.5. The van der Waals surface area contributed by atoms with Crippen molar-refractivity contribution in [2.75, 3.05) is 0 Å². The van der Waals surface area contributed by atoms with Crippen LogP contribution in [-0.4, -0.2) is 9.97 Å². The second kappa shape index (κ2) is 7.56. The molecule has 2 aromatic heterocycles. The number of hydrogen-bond acceptors (Lipinski definition) is 4. The number of nitrogens with zero attached hydrogens (tertiary/aromatic N) is 2. The van der Waals surface area contributed by atoms with Gasteiger partial charge in [0.25, 0.3) is 0 Å². The van der Waals surface area contributed by atoms with Gasteiger partial charge in [-0.2, -0.15) is 0 Å². The summed E-state index contributed by atoms with van der Waals surface area (Å²) in [6.07, 6.45) is 0. The molecule has 3 aromatic carbocycles. The first-order valence-electron chi connectivity index (χ1n) is 11.8. The summed E-state index contributed by atoms with van der Waals surface area (Å²) in [5.41, 5.74) is 10.4. The number of rotatable bonds is 2. The Balaban J connectivity index is 1.49. The molecule has 0 spiro atoms. The van der Waals surface area contributed by atoms with Gasteiger partial charge in [0.15, 0.2) is 11.2 Å². The fourth-order valence-corrected chi connectivity index (χ4v) is 4.77. The number of aryl methyl sites for hydroxylation is 2. The highest BCUT2D eigenvalue weighted by atomic mass is 16.4. The van der Waals surface area contributed by atoms with Crippen LogP contribution in [0.2, 0.25) is 0 Å². The van der Waals surface area contributed by atoms with Crippen molar-refractivity contribution in [1.29, 1.82) is 0 Å². The Hall–Kier alpha value is -3.40. The molecule has 34 heavy (non-hydrogen) atoms. The molecule has 0 aliphatic rings. The molecular weight excluding hydrogens is 420 g/mol. The SMILES string of the molecule is Cc1cc2oc(-c3ccc(-c4nc5cc(C(C)(C)C)c(C)cc5o4)cc3)nc2cc1C(C)(C)C. The summed E-state index contributed by atoms with van der Waals surface area (Å²) in [7, 11) is 0. The molecule has 0 atom stereocenters. The van der Waals surface area contributed by atoms with Gasteiger partial charge < -0.3 is 8.83 Å². The van der Waals surface area contributed by atoms with E-state index in [2.05, 4.69) is 79.7 Å². The Morgan fingerprint density at radius 1 is 0.559 bits per heavy atom. The fraction of sp³-hybridized carbons (Fsp3) is 0.333. The van der Waals surface area contributed by atoms with Crippen LogP contribution in [-0.2, 0) is 10.8 Å². The van der Waals surface area contributed by atoms with E-state index < -0.39 is 0 Å². The van der Waals surface area contributed by atoms with Crippen molar-refractivity contribution in [2.45, 2.75) is 66.2 Å². The van der Waals surface area contributed by atoms with E-state index in [4.69, 9.17) is 18.8 Å². The number of benzene rings is 3. The first kappa shape index (κ1) is 22.4. The molecule has 174 valence electrons. The minimum absolute atomic E-state index is 0.0603. The van der Waals surface area contributed by atoms with Gasteiger partial charge in [0.1, 0.15) is 11.0 Å². The molecule has 0 fully saturated rings. The molecule has 4 heteroatoms. The van der Waals surface area contributed by atoms with E-state index in [0.717, 1.165) is 33.3 Å². The zero-order chi connectivity index (χ0) is 24.4. The molecule has 0 aliphatic carbocycles. The van der Waals surface area contributed by atoms with Gasteiger partial charge in [0.2, 0.25) is 11.8 Å².